The number of carbonyl (C=O) groups is 2. The lowest BCUT2D eigenvalue weighted by molar-refractivity contribution is -0.132. The molecule has 2 rings (SSSR count). The van der Waals surface area contributed by atoms with Crippen LogP contribution < -0.4 is 10.6 Å². The molecule has 20 heavy (non-hydrogen) atoms. The van der Waals surface area contributed by atoms with E-state index in [0.717, 1.165) is 45.4 Å². The number of amides is 2. The van der Waals surface area contributed by atoms with Crippen molar-refractivity contribution < 1.29 is 14.3 Å². The lowest BCUT2D eigenvalue weighted by Crippen LogP contribution is -2.51. The van der Waals surface area contributed by atoms with Crippen molar-refractivity contribution in [3.63, 3.8) is 0 Å². The Morgan fingerprint density at radius 2 is 2.15 bits per heavy atom. The second-order valence-electron chi connectivity index (χ2n) is 5.65. The fourth-order valence-electron chi connectivity index (χ4n) is 2.87. The van der Waals surface area contributed by atoms with Gasteiger partial charge in [-0.05, 0) is 25.7 Å². The number of piperidine rings is 1. The van der Waals surface area contributed by atoms with E-state index in [1.54, 1.807) is 0 Å². The molecule has 0 radical (unpaired) electrons. The summed E-state index contributed by atoms with van der Waals surface area (Å²) in [7, 11) is 0. The standard InChI is InChI=1S/C14H25N3O3/c1-11(18)16-12-4-2-6-17(10-12)14(19)9-15-8-13-5-3-7-20-13/h12-13,15H,2-10H2,1H3,(H,16,18)/t12-,13-/m0/s1. The fraction of sp³-hybridized carbons (Fsp3) is 0.857. The van der Waals surface area contributed by atoms with Gasteiger partial charge in [-0.25, -0.2) is 0 Å². The van der Waals surface area contributed by atoms with E-state index < -0.39 is 0 Å². The van der Waals surface area contributed by atoms with Gasteiger partial charge in [0.15, 0.2) is 0 Å². The number of nitrogens with zero attached hydrogens (tertiary/aromatic N) is 1. The SMILES string of the molecule is CC(=O)N[C@H]1CCCN(C(=O)CNC[C@@H]2CCCO2)C1. The summed E-state index contributed by atoms with van der Waals surface area (Å²) in [6, 6.07) is 0.100. The highest BCUT2D eigenvalue weighted by molar-refractivity contribution is 5.78. The Bertz CT molecular complexity index is 343. The van der Waals surface area contributed by atoms with Crippen molar-refractivity contribution in [1.82, 2.24) is 15.5 Å². The van der Waals surface area contributed by atoms with Gasteiger partial charge in [0, 0.05) is 39.2 Å². The summed E-state index contributed by atoms with van der Waals surface area (Å²) in [5.74, 6) is 0.0823. The van der Waals surface area contributed by atoms with Gasteiger partial charge in [0.1, 0.15) is 0 Å². The van der Waals surface area contributed by atoms with Crippen LogP contribution in [0.3, 0.4) is 0 Å². The molecule has 2 atom stereocenters. The van der Waals surface area contributed by atoms with Gasteiger partial charge in [-0.3, -0.25) is 9.59 Å². The topological polar surface area (TPSA) is 70.7 Å². The first-order valence-corrected chi connectivity index (χ1v) is 7.52. The largest absolute Gasteiger partial charge is 0.377 e. The maximum absolute atomic E-state index is 12.1. The summed E-state index contributed by atoms with van der Waals surface area (Å²) in [4.78, 5) is 25.0. The first-order valence-electron chi connectivity index (χ1n) is 7.52. The van der Waals surface area contributed by atoms with Gasteiger partial charge >= 0.3 is 0 Å². The number of rotatable bonds is 5. The lowest BCUT2D eigenvalue weighted by atomic mass is 10.1. The quantitative estimate of drug-likeness (QED) is 0.738. The van der Waals surface area contributed by atoms with E-state index >= 15 is 0 Å². The average Bonchev–Trinajstić information content (AvgIpc) is 2.91. The molecule has 0 saturated carbocycles. The number of ether oxygens (including phenoxy) is 1. The van der Waals surface area contributed by atoms with E-state index in [0.29, 0.717) is 13.1 Å². The number of nitrogens with one attached hydrogen (secondary N) is 2. The monoisotopic (exact) mass is 283 g/mol. The van der Waals surface area contributed by atoms with Crippen LogP contribution in [0, 0.1) is 0 Å². The Hall–Kier alpha value is -1.14. The molecule has 6 nitrogen and oxygen atoms in total. The maximum atomic E-state index is 12.1. The van der Waals surface area contributed by atoms with Crippen molar-refractivity contribution >= 4 is 11.8 Å². The molecule has 0 bridgehead atoms. The van der Waals surface area contributed by atoms with E-state index in [1.807, 2.05) is 4.90 Å². The predicted octanol–water partition coefficient (Wildman–Crippen LogP) is -0.118. The van der Waals surface area contributed by atoms with E-state index in [1.165, 1.54) is 6.92 Å². The summed E-state index contributed by atoms with van der Waals surface area (Å²) in [5.41, 5.74) is 0. The summed E-state index contributed by atoms with van der Waals surface area (Å²) < 4.78 is 5.51. The molecule has 114 valence electrons. The van der Waals surface area contributed by atoms with E-state index in [2.05, 4.69) is 10.6 Å². The Morgan fingerprint density at radius 1 is 1.30 bits per heavy atom. The zero-order valence-corrected chi connectivity index (χ0v) is 12.2. The average molecular weight is 283 g/mol. The van der Waals surface area contributed by atoms with E-state index in [-0.39, 0.29) is 24.0 Å². The van der Waals surface area contributed by atoms with E-state index in [9.17, 15) is 9.59 Å². The van der Waals surface area contributed by atoms with Gasteiger partial charge in [0.25, 0.3) is 0 Å². The van der Waals surface area contributed by atoms with Gasteiger partial charge < -0.3 is 20.3 Å². The number of hydrogen-bond donors (Lipinski definition) is 2. The number of likely N-dealkylation sites (tertiary alicyclic amines) is 1. The van der Waals surface area contributed by atoms with Gasteiger partial charge in [-0.1, -0.05) is 0 Å². The third-order valence-corrected chi connectivity index (χ3v) is 3.85. The molecule has 0 spiro atoms. The van der Waals surface area contributed by atoms with Gasteiger partial charge in [-0.15, -0.1) is 0 Å². The van der Waals surface area contributed by atoms with E-state index in [4.69, 9.17) is 4.74 Å². The molecule has 0 aromatic carbocycles. The smallest absolute Gasteiger partial charge is 0.236 e. The summed E-state index contributed by atoms with van der Waals surface area (Å²) in [6.07, 6.45) is 4.35. The number of hydrogen-bond acceptors (Lipinski definition) is 4. The van der Waals surface area contributed by atoms with Gasteiger partial charge in [0.2, 0.25) is 11.8 Å². The first-order chi connectivity index (χ1) is 9.65. The minimum atomic E-state index is -0.0270. The highest BCUT2D eigenvalue weighted by Crippen LogP contribution is 2.11. The molecular formula is C14H25N3O3. The molecule has 2 aliphatic rings. The molecule has 2 heterocycles. The zero-order chi connectivity index (χ0) is 14.4. The zero-order valence-electron chi connectivity index (χ0n) is 12.2. The molecule has 2 aliphatic heterocycles. The molecule has 6 heteroatoms. The highest BCUT2D eigenvalue weighted by atomic mass is 16.5. The first kappa shape index (κ1) is 15.3. The molecule has 0 unspecified atom stereocenters. The molecule has 2 saturated heterocycles. The van der Waals surface area contributed by atoms with Crippen LogP contribution in [0.5, 0.6) is 0 Å². The normalized spacial score (nSPS) is 26.6. The Morgan fingerprint density at radius 3 is 2.85 bits per heavy atom. The highest BCUT2D eigenvalue weighted by Gasteiger charge is 2.24. The molecule has 0 aromatic heterocycles. The minimum Gasteiger partial charge on any atom is -0.377 e. The molecular weight excluding hydrogens is 258 g/mol. The van der Waals surface area contributed by atoms with Crippen LogP contribution in [0.2, 0.25) is 0 Å². The lowest BCUT2D eigenvalue weighted by Gasteiger charge is -2.33. The number of carbonyl (C=O) groups excluding carboxylic acids is 2. The Labute approximate surface area is 120 Å². The maximum Gasteiger partial charge on any atom is 0.236 e. The van der Waals surface area contributed by atoms with Crippen LogP contribution in [0.1, 0.15) is 32.6 Å². The second kappa shape index (κ2) is 7.59. The Balaban J connectivity index is 1.67. The van der Waals surface area contributed by atoms with Crippen molar-refractivity contribution in [2.75, 3.05) is 32.8 Å². The van der Waals surface area contributed by atoms with Gasteiger partial charge in [-0.2, -0.15) is 0 Å². The summed E-state index contributed by atoms with van der Waals surface area (Å²) in [5, 5.41) is 6.07. The molecule has 0 aliphatic carbocycles. The molecule has 2 amide bonds. The van der Waals surface area contributed by atoms with Crippen LogP contribution >= 0.6 is 0 Å². The molecule has 2 N–H and O–H groups in total. The van der Waals surface area contributed by atoms with Gasteiger partial charge in [0.05, 0.1) is 12.6 Å². The Kier molecular flexibility index (Phi) is 5.79. The second-order valence-corrected chi connectivity index (χ2v) is 5.65. The predicted molar refractivity (Wildman–Crippen MR) is 75.3 cm³/mol. The fourth-order valence-corrected chi connectivity index (χ4v) is 2.87. The molecule has 2 fully saturated rings. The van der Waals surface area contributed by atoms with Crippen LogP contribution in [0.4, 0.5) is 0 Å². The van der Waals surface area contributed by atoms with Crippen molar-refractivity contribution in [2.24, 2.45) is 0 Å². The van der Waals surface area contributed by atoms with Crippen LogP contribution in [-0.4, -0.2) is 61.6 Å². The minimum absolute atomic E-state index is 0.0270. The third-order valence-electron chi connectivity index (χ3n) is 3.85. The van der Waals surface area contributed by atoms with Crippen LogP contribution in [-0.2, 0) is 14.3 Å². The van der Waals surface area contributed by atoms with Crippen molar-refractivity contribution in [2.45, 2.75) is 44.8 Å². The van der Waals surface area contributed by atoms with Crippen LogP contribution in [0.25, 0.3) is 0 Å². The van der Waals surface area contributed by atoms with Crippen molar-refractivity contribution in [3.8, 4) is 0 Å². The third kappa shape index (κ3) is 4.76. The summed E-state index contributed by atoms with van der Waals surface area (Å²) >= 11 is 0. The van der Waals surface area contributed by atoms with Crippen LogP contribution in [0.15, 0.2) is 0 Å². The summed E-state index contributed by atoms with van der Waals surface area (Å²) in [6.45, 7) is 4.87. The molecule has 0 aromatic rings. The van der Waals surface area contributed by atoms with Crippen molar-refractivity contribution in [3.05, 3.63) is 0 Å². The van der Waals surface area contributed by atoms with Crippen molar-refractivity contribution in [1.29, 1.82) is 0 Å².